The van der Waals surface area contributed by atoms with Crippen molar-refractivity contribution in [3.05, 3.63) is 50.5 Å². The van der Waals surface area contributed by atoms with Crippen molar-refractivity contribution in [1.29, 1.82) is 0 Å². The van der Waals surface area contributed by atoms with E-state index in [0.717, 1.165) is 4.90 Å². The first-order valence-electron chi connectivity index (χ1n) is 10.6. The van der Waals surface area contributed by atoms with Crippen molar-refractivity contribution in [2.24, 2.45) is 0 Å². The van der Waals surface area contributed by atoms with Gasteiger partial charge < -0.3 is 28.7 Å². The lowest BCUT2D eigenvalue weighted by molar-refractivity contribution is -0.145. The number of esters is 2. The number of halogens is 2. The van der Waals surface area contributed by atoms with E-state index in [0.29, 0.717) is 10.0 Å². The second-order valence-electron chi connectivity index (χ2n) is 7.08. The summed E-state index contributed by atoms with van der Waals surface area (Å²) in [5.74, 6) is -1.38. The molecular formula is C23H22BrClN2O9. The fraction of sp³-hybridized carbons (Fsp3) is 0.304. The lowest BCUT2D eigenvalue weighted by Crippen LogP contribution is -2.30. The van der Waals surface area contributed by atoms with Crippen molar-refractivity contribution >= 4 is 57.5 Å². The van der Waals surface area contributed by atoms with Crippen LogP contribution in [0.5, 0.6) is 11.5 Å². The molecule has 1 aromatic heterocycles. The zero-order valence-electron chi connectivity index (χ0n) is 19.5. The van der Waals surface area contributed by atoms with Crippen LogP contribution in [-0.2, 0) is 25.6 Å². The molecule has 36 heavy (non-hydrogen) atoms. The smallest absolute Gasteiger partial charge is 0.373 e. The summed E-state index contributed by atoms with van der Waals surface area (Å²) in [6.07, 6.45) is 1.41. The average Bonchev–Trinajstić information content (AvgIpc) is 3.42. The molecule has 0 aliphatic carbocycles. The van der Waals surface area contributed by atoms with Gasteiger partial charge >= 0.3 is 18.0 Å². The number of carbonyl (C=O) groups excluding carboxylic acids is 4. The third-order valence-electron chi connectivity index (χ3n) is 4.72. The largest absolute Gasteiger partial charge is 0.490 e. The number of hydrogen-bond donors (Lipinski definition) is 1. The Morgan fingerprint density at radius 3 is 2.61 bits per heavy atom. The molecule has 13 heteroatoms. The maximum Gasteiger partial charge on any atom is 0.373 e. The summed E-state index contributed by atoms with van der Waals surface area (Å²) in [4.78, 5) is 49.6. The Labute approximate surface area is 219 Å². The number of rotatable bonds is 10. The molecule has 3 rings (SSSR count). The summed E-state index contributed by atoms with van der Waals surface area (Å²) in [6.45, 7) is 3.31. The minimum Gasteiger partial charge on any atom is -0.490 e. The van der Waals surface area contributed by atoms with Gasteiger partial charge in [0.1, 0.15) is 16.5 Å². The fourth-order valence-electron chi connectivity index (χ4n) is 3.14. The SMILES string of the molecule is CCOC(=O)COc1c(OCC)cc(/C=C2\NC(=O)N(Cc3ccc(C(=O)OC)o3)C2=O)c(Br)c1Cl. The monoisotopic (exact) mass is 584 g/mol. The minimum atomic E-state index is -0.680. The lowest BCUT2D eigenvalue weighted by atomic mass is 10.1. The summed E-state index contributed by atoms with van der Waals surface area (Å²) in [5, 5.41) is 2.59. The van der Waals surface area contributed by atoms with Crippen LogP contribution in [0, 0.1) is 0 Å². The summed E-state index contributed by atoms with van der Waals surface area (Å²) in [7, 11) is 1.21. The third kappa shape index (κ3) is 6.00. The Balaban J connectivity index is 1.85. The molecule has 1 aliphatic rings. The highest BCUT2D eigenvalue weighted by molar-refractivity contribution is 9.10. The fourth-order valence-corrected chi connectivity index (χ4v) is 3.81. The number of imide groups is 1. The Morgan fingerprint density at radius 1 is 1.19 bits per heavy atom. The van der Waals surface area contributed by atoms with Crippen LogP contribution >= 0.6 is 27.5 Å². The normalized spacial score (nSPS) is 14.1. The van der Waals surface area contributed by atoms with E-state index in [1.54, 1.807) is 19.9 Å². The summed E-state index contributed by atoms with van der Waals surface area (Å²) < 4.78 is 26.2. The van der Waals surface area contributed by atoms with Crippen LogP contribution in [0.25, 0.3) is 6.08 Å². The molecule has 11 nitrogen and oxygen atoms in total. The summed E-state index contributed by atoms with van der Waals surface area (Å²) >= 11 is 9.82. The number of hydrogen-bond acceptors (Lipinski definition) is 9. The highest BCUT2D eigenvalue weighted by Gasteiger charge is 2.35. The number of carbonyl (C=O) groups is 4. The van der Waals surface area contributed by atoms with Gasteiger partial charge in [-0.2, -0.15) is 0 Å². The summed E-state index contributed by atoms with van der Waals surface area (Å²) in [6, 6.07) is 3.72. The Hall–Kier alpha value is -3.51. The van der Waals surface area contributed by atoms with Crippen LogP contribution in [0.3, 0.4) is 0 Å². The van der Waals surface area contributed by atoms with Crippen LogP contribution in [-0.4, -0.2) is 55.7 Å². The van der Waals surface area contributed by atoms with Crippen molar-refractivity contribution in [3.63, 3.8) is 0 Å². The summed E-state index contributed by atoms with van der Waals surface area (Å²) in [5.41, 5.74) is 0.377. The van der Waals surface area contributed by atoms with E-state index in [9.17, 15) is 19.2 Å². The van der Waals surface area contributed by atoms with Gasteiger partial charge in [-0.1, -0.05) is 11.6 Å². The minimum absolute atomic E-state index is 0.0286. The van der Waals surface area contributed by atoms with Crippen LogP contribution in [0.1, 0.15) is 35.7 Å². The quantitative estimate of drug-likeness (QED) is 0.250. The van der Waals surface area contributed by atoms with Crippen molar-refractivity contribution in [2.75, 3.05) is 26.9 Å². The van der Waals surface area contributed by atoms with Gasteiger partial charge in [0.05, 0.1) is 26.9 Å². The predicted octanol–water partition coefficient (Wildman–Crippen LogP) is 3.92. The molecule has 0 spiro atoms. The maximum absolute atomic E-state index is 12.9. The Kier molecular flexibility index (Phi) is 8.99. The van der Waals surface area contributed by atoms with Gasteiger partial charge in [-0.15, -0.1) is 0 Å². The molecule has 0 bridgehead atoms. The molecule has 192 valence electrons. The zero-order valence-corrected chi connectivity index (χ0v) is 21.9. The van der Waals surface area contributed by atoms with Crippen LogP contribution < -0.4 is 14.8 Å². The number of methoxy groups -OCH3 is 1. The number of nitrogens with one attached hydrogen (secondary N) is 1. The molecule has 2 aromatic rings. The van der Waals surface area contributed by atoms with Gasteiger partial charge in [-0.3, -0.25) is 9.69 Å². The molecule has 1 N–H and O–H groups in total. The van der Waals surface area contributed by atoms with Crippen molar-refractivity contribution in [2.45, 2.75) is 20.4 Å². The van der Waals surface area contributed by atoms with Gasteiger partial charge in [-0.25, -0.2) is 14.4 Å². The first-order valence-corrected chi connectivity index (χ1v) is 11.8. The van der Waals surface area contributed by atoms with Crippen molar-refractivity contribution < 1.29 is 42.5 Å². The van der Waals surface area contributed by atoms with Gasteiger partial charge in [0, 0.05) is 4.47 Å². The Morgan fingerprint density at radius 2 is 1.94 bits per heavy atom. The number of amides is 3. The standard InChI is InChI=1S/C23H22BrClN2O9/c1-4-33-16-9-12(18(24)19(25)20(16)35-11-17(28)34-5-2)8-14-21(29)27(23(31)26-14)10-13-6-7-15(36-13)22(30)32-3/h6-9H,4-5,10-11H2,1-3H3,(H,26,31)/b14-8-. The molecule has 0 atom stereocenters. The number of ether oxygens (including phenoxy) is 4. The molecule has 1 fully saturated rings. The molecule has 3 amide bonds. The van der Waals surface area contributed by atoms with Gasteiger partial charge in [-0.05, 0) is 59.6 Å². The second-order valence-corrected chi connectivity index (χ2v) is 8.26. The lowest BCUT2D eigenvalue weighted by Gasteiger charge is -2.16. The molecule has 0 unspecified atom stereocenters. The van der Waals surface area contributed by atoms with E-state index in [1.807, 2.05) is 0 Å². The van der Waals surface area contributed by atoms with Crippen LogP contribution in [0.4, 0.5) is 4.79 Å². The maximum atomic E-state index is 12.9. The first-order chi connectivity index (χ1) is 17.2. The molecular weight excluding hydrogens is 564 g/mol. The van der Waals surface area contributed by atoms with Gasteiger partial charge in [0.25, 0.3) is 5.91 Å². The first kappa shape index (κ1) is 27.1. The van der Waals surface area contributed by atoms with E-state index < -0.39 is 23.9 Å². The highest BCUT2D eigenvalue weighted by atomic mass is 79.9. The molecule has 1 aromatic carbocycles. The third-order valence-corrected chi connectivity index (χ3v) is 6.16. The zero-order chi connectivity index (χ0) is 26.4. The van der Waals surface area contributed by atoms with E-state index >= 15 is 0 Å². The molecule has 2 heterocycles. The van der Waals surface area contributed by atoms with Crippen LogP contribution in [0.15, 0.2) is 32.8 Å². The Bertz CT molecular complexity index is 1220. The predicted molar refractivity (Wildman–Crippen MR) is 130 cm³/mol. The molecule has 1 saturated heterocycles. The number of nitrogens with zero attached hydrogens (tertiary/aromatic N) is 1. The van der Waals surface area contributed by atoms with Crippen LogP contribution in [0.2, 0.25) is 5.02 Å². The molecule has 0 radical (unpaired) electrons. The van der Waals surface area contributed by atoms with Crippen molar-refractivity contribution in [1.82, 2.24) is 10.2 Å². The second kappa shape index (κ2) is 12.0. The van der Waals surface area contributed by atoms with Crippen molar-refractivity contribution in [3.8, 4) is 11.5 Å². The number of furan rings is 1. The average molecular weight is 586 g/mol. The van der Waals surface area contributed by atoms with E-state index in [-0.39, 0.29) is 60.1 Å². The number of benzene rings is 1. The highest BCUT2D eigenvalue weighted by Crippen LogP contribution is 2.43. The molecule has 0 saturated carbocycles. The van der Waals surface area contributed by atoms with E-state index in [1.165, 1.54) is 25.3 Å². The van der Waals surface area contributed by atoms with E-state index in [4.69, 9.17) is 30.2 Å². The van der Waals surface area contributed by atoms with Gasteiger partial charge in [0.15, 0.2) is 18.1 Å². The molecule has 1 aliphatic heterocycles. The topological polar surface area (TPSA) is 134 Å². The van der Waals surface area contributed by atoms with Gasteiger partial charge in [0.2, 0.25) is 5.76 Å². The number of urea groups is 1. The van der Waals surface area contributed by atoms with E-state index in [2.05, 4.69) is 26.0 Å².